The summed E-state index contributed by atoms with van der Waals surface area (Å²) in [4.78, 5) is 6.59. The van der Waals surface area contributed by atoms with Crippen LogP contribution in [0, 0.1) is 0 Å². The highest BCUT2D eigenvalue weighted by molar-refractivity contribution is 6.35. The monoisotopic (exact) mass is 296 g/mol. The normalized spacial score (nSPS) is 11.9. The molecule has 0 spiro atoms. The summed E-state index contributed by atoms with van der Waals surface area (Å²) in [5.41, 5.74) is 0.00752. The largest absolute Gasteiger partial charge is 0.495 e. The molecule has 0 aliphatic heterocycles. The van der Waals surface area contributed by atoms with Crippen LogP contribution in [0.2, 0.25) is 10.2 Å². The van der Waals surface area contributed by atoms with Crippen molar-refractivity contribution in [3.8, 4) is 5.75 Å². The molecule has 1 heterocycles. The smallest absolute Gasteiger partial charge is 0.451 e. The quantitative estimate of drug-likeness (QED) is 0.747. The van der Waals surface area contributed by atoms with Crippen molar-refractivity contribution in [2.24, 2.45) is 0 Å². The first-order chi connectivity index (χ1) is 8.32. The van der Waals surface area contributed by atoms with E-state index in [4.69, 9.17) is 27.9 Å². The third-order valence-corrected chi connectivity index (χ3v) is 2.76. The molecule has 0 fully saturated rings. The summed E-state index contributed by atoms with van der Waals surface area (Å²) in [6.07, 6.45) is -4.66. The number of alkyl halides is 3. The van der Waals surface area contributed by atoms with Gasteiger partial charge in [-0.05, 0) is 12.1 Å². The van der Waals surface area contributed by atoms with E-state index in [1.165, 1.54) is 19.2 Å². The summed E-state index contributed by atoms with van der Waals surface area (Å²) in [7, 11) is 1.38. The lowest BCUT2D eigenvalue weighted by molar-refractivity contribution is -0.144. The second-order valence-electron chi connectivity index (χ2n) is 3.34. The highest BCUT2D eigenvalue weighted by atomic mass is 35.5. The van der Waals surface area contributed by atoms with Crippen molar-refractivity contribution in [1.82, 2.24) is 9.97 Å². The van der Waals surface area contributed by atoms with Gasteiger partial charge in [0.25, 0.3) is 0 Å². The first kappa shape index (κ1) is 13.2. The lowest BCUT2D eigenvalue weighted by Gasteiger charge is -2.09. The maximum atomic E-state index is 12.5. The molecule has 0 saturated heterocycles. The number of benzene rings is 1. The Balaban J connectivity index is 2.74. The van der Waals surface area contributed by atoms with Gasteiger partial charge in [0.05, 0.1) is 17.6 Å². The number of rotatable bonds is 1. The molecule has 1 aromatic heterocycles. The van der Waals surface area contributed by atoms with Gasteiger partial charge < -0.3 is 4.74 Å². The van der Waals surface area contributed by atoms with E-state index >= 15 is 0 Å². The molecule has 2 rings (SSSR count). The van der Waals surface area contributed by atoms with E-state index in [2.05, 4.69) is 9.97 Å². The number of ether oxygens (including phenoxy) is 1. The average molecular weight is 297 g/mol. The lowest BCUT2D eigenvalue weighted by atomic mass is 10.2. The van der Waals surface area contributed by atoms with E-state index in [1.54, 1.807) is 0 Å². The molecule has 0 radical (unpaired) electrons. The third-order valence-electron chi connectivity index (χ3n) is 2.18. The van der Waals surface area contributed by atoms with Crippen molar-refractivity contribution in [2.45, 2.75) is 6.18 Å². The third kappa shape index (κ3) is 2.30. The fraction of sp³-hybridized carbons (Fsp3) is 0.200. The first-order valence-electron chi connectivity index (χ1n) is 4.61. The standard InChI is InChI=1S/C10H5Cl2F3N2O/c1-18-7-2-4-6(3-5(7)11)16-9(10(13,14)15)17-8(4)12/h2-3H,1H3. The fourth-order valence-corrected chi connectivity index (χ4v) is 1.84. The molecule has 1 aromatic carbocycles. The van der Waals surface area contributed by atoms with Crippen LogP contribution in [0.3, 0.4) is 0 Å². The number of hydrogen-bond acceptors (Lipinski definition) is 3. The minimum Gasteiger partial charge on any atom is -0.495 e. The molecule has 0 aliphatic rings. The number of halogens is 5. The molecule has 2 aromatic rings. The zero-order valence-corrected chi connectivity index (χ0v) is 10.4. The van der Waals surface area contributed by atoms with Crippen LogP contribution in [0.4, 0.5) is 13.2 Å². The number of hydrogen-bond donors (Lipinski definition) is 0. The predicted octanol–water partition coefficient (Wildman–Crippen LogP) is 3.96. The zero-order chi connectivity index (χ0) is 13.5. The topological polar surface area (TPSA) is 35.0 Å². The number of aromatic nitrogens is 2. The molecular weight excluding hydrogens is 292 g/mol. The molecule has 8 heteroatoms. The molecular formula is C10H5Cl2F3N2O. The van der Waals surface area contributed by atoms with E-state index in [0.717, 1.165) is 0 Å². The summed E-state index contributed by atoms with van der Waals surface area (Å²) < 4.78 is 42.4. The van der Waals surface area contributed by atoms with Gasteiger partial charge in [0.2, 0.25) is 5.82 Å². The van der Waals surface area contributed by atoms with E-state index in [-0.39, 0.29) is 26.8 Å². The van der Waals surface area contributed by atoms with Crippen molar-refractivity contribution >= 4 is 34.1 Å². The molecule has 0 aliphatic carbocycles. The summed E-state index contributed by atoms with van der Waals surface area (Å²) in [6, 6.07) is 2.64. The Labute approximate surface area is 109 Å². The summed E-state index contributed by atoms with van der Waals surface area (Å²) in [5.74, 6) is -1.02. The molecule has 0 bridgehead atoms. The number of fused-ring (bicyclic) bond motifs is 1. The Morgan fingerprint density at radius 3 is 2.39 bits per heavy atom. The fourth-order valence-electron chi connectivity index (χ4n) is 1.38. The van der Waals surface area contributed by atoms with Crippen molar-refractivity contribution in [3.63, 3.8) is 0 Å². The number of nitrogens with zero attached hydrogens (tertiary/aromatic N) is 2. The molecule has 0 N–H and O–H groups in total. The minimum atomic E-state index is -4.66. The predicted molar refractivity (Wildman–Crippen MR) is 61.1 cm³/mol. The average Bonchev–Trinajstić information content (AvgIpc) is 2.26. The minimum absolute atomic E-state index is 0.00752. The Morgan fingerprint density at radius 1 is 1.17 bits per heavy atom. The second-order valence-corrected chi connectivity index (χ2v) is 4.10. The summed E-state index contributed by atoms with van der Waals surface area (Å²) in [5, 5.41) is 0.0844. The van der Waals surface area contributed by atoms with Gasteiger partial charge in [0.15, 0.2) is 0 Å². The van der Waals surface area contributed by atoms with Gasteiger partial charge in [0.1, 0.15) is 10.9 Å². The van der Waals surface area contributed by atoms with Crippen molar-refractivity contribution in [1.29, 1.82) is 0 Å². The van der Waals surface area contributed by atoms with Crippen LogP contribution >= 0.6 is 23.2 Å². The van der Waals surface area contributed by atoms with Crippen molar-refractivity contribution in [3.05, 3.63) is 28.1 Å². The van der Waals surface area contributed by atoms with Gasteiger partial charge in [0, 0.05) is 5.39 Å². The van der Waals surface area contributed by atoms with Crippen LogP contribution in [-0.4, -0.2) is 17.1 Å². The maximum absolute atomic E-state index is 12.5. The molecule has 96 valence electrons. The molecule has 0 amide bonds. The highest BCUT2D eigenvalue weighted by Gasteiger charge is 2.35. The van der Waals surface area contributed by atoms with Crippen molar-refractivity contribution < 1.29 is 17.9 Å². The Hall–Kier alpha value is -1.27. The van der Waals surface area contributed by atoms with Crippen molar-refractivity contribution in [2.75, 3.05) is 7.11 Å². The van der Waals surface area contributed by atoms with Gasteiger partial charge in [-0.25, -0.2) is 9.97 Å². The van der Waals surface area contributed by atoms with Crippen LogP contribution in [0.5, 0.6) is 5.75 Å². The Bertz CT molecular complexity index is 616. The van der Waals surface area contributed by atoms with Crippen LogP contribution in [-0.2, 0) is 6.18 Å². The SMILES string of the molecule is COc1cc2c(Cl)nc(C(F)(F)F)nc2cc1Cl. The maximum Gasteiger partial charge on any atom is 0.451 e. The van der Waals surface area contributed by atoms with Gasteiger partial charge >= 0.3 is 6.18 Å². The van der Waals surface area contributed by atoms with Crippen LogP contribution in [0.25, 0.3) is 10.9 Å². The second kappa shape index (κ2) is 4.44. The molecule has 18 heavy (non-hydrogen) atoms. The van der Waals surface area contributed by atoms with Crippen LogP contribution in [0.15, 0.2) is 12.1 Å². The highest BCUT2D eigenvalue weighted by Crippen LogP contribution is 2.34. The van der Waals surface area contributed by atoms with Gasteiger partial charge in [-0.1, -0.05) is 23.2 Å². The van der Waals surface area contributed by atoms with Crippen LogP contribution in [0.1, 0.15) is 5.82 Å². The molecule has 3 nitrogen and oxygen atoms in total. The molecule has 0 unspecified atom stereocenters. The Kier molecular flexibility index (Phi) is 3.25. The number of methoxy groups -OCH3 is 1. The molecule has 0 saturated carbocycles. The molecule has 0 atom stereocenters. The van der Waals surface area contributed by atoms with Gasteiger partial charge in [-0.3, -0.25) is 0 Å². The summed E-state index contributed by atoms with van der Waals surface area (Å²) >= 11 is 11.5. The van der Waals surface area contributed by atoms with Gasteiger partial charge in [-0.15, -0.1) is 0 Å². The zero-order valence-electron chi connectivity index (χ0n) is 8.85. The first-order valence-corrected chi connectivity index (χ1v) is 5.36. The lowest BCUT2D eigenvalue weighted by Crippen LogP contribution is -2.11. The van der Waals surface area contributed by atoms with E-state index < -0.39 is 12.0 Å². The van der Waals surface area contributed by atoms with E-state index in [0.29, 0.717) is 0 Å². The van der Waals surface area contributed by atoms with E-state index in [9.17, 15) is 13.2 Å². The van der Waals surface area contributed by atoms with E-state index in [1.807, 2.05) is 0 Å². The van der Waals surface area contributed by atoms with Crippen LogP contribution < -0.4 is 4.74 Å². The summed E-state index contributed by atoms with van der Waals surface area (Å²) in [6.45, 7) is 0. The Morgan fingerprint density at radius 2 is 1.83 bits per heavy atom. The van der Waals surface area contributed by atoms with Gasteiger partial charge in [-0.2, -0.15) is 13.2 Å².